The van der Waals surface area contributed by atoms with E-state index in [2.05, 4.69) is 30.3 Å². The van der Waals surface area contributed by atoms with Crippen molar-refractivity contribution in [3.8, 4) is 0 Å². The molecule has 0 fully saturated rings. The zero-order valence-electron chi connectivity index (χ0n) is 10.3. The van der Waals surface area contributed by atoms with Gasteiger partial charge in [0.25, 0.3) is 0 Å². The van der Waals surface area contributed by atoms with Crippen LogP contribution in [0.2, 0.25) is 0 Å². The molecule has 86 valence electrons. The van der Waals surface area contributed by atoms with Crippen LogP contribution in [0, 0.1) is 5.92 Å². The van der Waals surface area contributed by atoms with E-state index < -0.39 is 0 Å². The molecule has 1 unspecified atom stereocenters. The van der Waals surface area contributed by atoms with E-state index in [1.54, 1.807) is 0 Å². The quantitative estimate of drug-likeness (QED) is 0.810. The lowest BCUT2D eigenvalue weighted by Gasteiger charge is -2.25. The fourth-order valence-electron chi connectivity index (χ4n) is 2.21. The number of hydrogen-bond donors (Lipinski definition) is 1. The van der Waals surface area contributed by atoms with Crippen LogP contribution in [-0.2, 0) is 0 Å². The third kappa shape index (κ3) is 2.59. The Morgan fingerprint density at radius 1 is 1.33 bits per heavy atom. The third-order valence-electron chi connectivity index (χ3n) is 3.33. The number of rotatable bonds is 5. The summed E-state index contributed by atoms with van der Waals surface area (Å²) in [7, 11) is 0. The first-order valence-corrected chi connectivity index (χ1v) is 5.89. The van der Waals surface area contributed by atoms with Crippen LogP contribution in [0.25, 0.3) is 0 Å². The van der Waals surface area contributed by atoms with Crippen molar-refractivity contribution in [2.24, 2.45) is 11.7 Å². The second kappa shape index (κ2) is 5.31. The molecule has 0 aliphatic heterocycles. The standard InChI is InChI=1S/C12H23N3/c1-5-11(6-2)10(4)15-8-14-7-12(15)9(3)13/h7-11H,5-6,13H2,1-4H3/t9-,10?/m1/s1. The highest BCUT2D eigenvalue weighted by molar-refractivity contribution is 5.05. The molecule has 1 aromatic heterocycles. The number of imidazole rings is 1. The van der Waals surface area contributed by atoms with Gasteiger partial charge >= 0.3 is 0 Å². The highest BCUT2D eigenvalue weighted by atomic mass is 15.1. The molecule has 0 bridgehead atoms. The van der Waals surface area contributed by atoms with Gasteiger partial charge in [0.1, 0.15) is 0 Å². The first-order chi connectivity index (χ1) is 7.11. The van der Waals surface area contributed by atoms with E-state index in [-0.39, 0.29) is 6.04 Å². The van der Waals surface area contributed by atoms with Crippen molar-refractivity contribution in [2.75, 3.05) is 0 Å². The highest BCUT2D eigenvalue weighted by Gasteiger charge is 2.18. The van der Waals surface area contributed by atoms with Crippen LogP contribution >= 0.6 is 0 Å². The molecule has 0 aromatic carbocycles. The molecule has 1 heterocycles. The predicted molar refractivity (Wildman–Crippen MR) is 63.6 cm³/mol. The molecule has 3 nitrogen and oxygen atoms in total. The van der Waals surface area contributed by atoms with Gasteiger partial charge in [0, 0.05) is 18.3 Å². The van der Waals surface area contributed by atoms with Gasteiger partial charge in [-0.2, -0.15) is 0 Å². The van der Waals surface area contributed by atoms with Crippen LogP contribution in [0.3, 0.4) is 0 Å². The topological polar surface area (TPSA) is 43.8 Å². The zero-order valence-corrected chi connectivity index (χ0v) is 10.3. The van der Waals surface area contributed by atoms with Crippen molar-refractivity contribution < 1.29 is 0 Å². The zero-order chi connectivity index (χ0) is 11.4. The maximum absolute atomic E-state index is 5.92. The molecule has 0 spiro atoms. The average molecular weight is 209 g/mol. The summed E-state index contributed by atoms with van der Waals surface area (Å²) in [6, 6.07) is 0.549. The van der Waals surface area contributed by atoms with E-state index in [4.69, 9.17) is 5.73 Å². The molecule has 1 aromatic rings. The molecule has 0 aliphatic rings. The minimum absolute atomic E-state index is 0.0595. The number of aromatic nitrogens is 2. The SMILES string of the molecule is CCC(CC)C(C)n1cncc1[C@@H](C)N. The normalized spacial score (nSPS) is 15.6. The lowest BCUT2D eigenvalue weighted by Crippen LogP contribution is -2.20. The summed E-state index contributed by atoms with van der Waals surface area (Å²) >= 11 is 0. The molecule has 0 saturated carbocycles. The Hall–Kier alpha value is -0.830. The first kappa shape index (κ1) is 12.2. The van der Waals surface area contributed by atoms with E-state index >= 15 is 0 Å². The second-order valence-electron chi connectivity index (χ2n) is 4.33. The van der Waals surface area contributed by atoms with E-state index in [1.165, 1.54) is 12.8 Å². The summed E-state index contributed by atoms with van der Waals surface area (Å²) in [4.78, 5) is 4.20. The highest BCUT2D eigenvalue weighted by Crippen LogP contribution is 2.26. The van der Waals surface area contributed by atoms with E-state index in [9.17, 15) is 0 Å². The molecule has 0 radical (unpaired) electrons. The second-order valence-corrected chi connectivity index (χ2v) is 4.33. The van der Waals surface area contributed by atoms with Gasteiger partial charge < -0.3 is 10.3 Å². The van der Waals surface area contributed by atoms with Crippen LogP contribution in [-0.4, -0.2) is 9.55 Å². The van der Waals surface area contributed by atoms with Crippen molar-refractivity contribution in [1.29, 1.82) is 0 Å². The monoisotopic (exact) mass is 209 g/mol. The molecule has 1 rings (SSSR count). The van der Waals surface area contributed by atoms with Crippen LogP contribution < -0.4 is 5.73 Å². The van der Waals surface area contributed by atoms with Crippen molar-refractivity contribution in [1.82, 2.24) is 9.55 Å². The molecule has 0 amide bonds. The van der Waals surface area contributed by atoms with Gasteiger partial charge in [0.2, 0.25) is 0 Å². The largest absolute Gasteiger partial charge is 0.330 e. The summed E-state index contributed by atoms with van der Waals surface area (Å²) in [5.74, 6) is 0.705. The van der Waals surface area contributed by atoms with Gasteiger partial charge in [-0.1, -0.05) is 26.7 Å². The lowest BCUT2D eigenvalue weighted by molar-refractivity contribution is 0.324. The first-order valence-electron chi connectivity index (χ1n) is 5.89. The third-order valence-corrected chi connectivity index (χ3v) is 3.33. The minimum atomic E-state index is 0.0595. The van der Waals surface area contributed by atoms with Crippen LogP contribution in [0.15, 0.2) is 12.5 Å². The Bertz CT molecular complexity index is 287. The van der Waals surface area contributed by atoms with Gasteiger partial charge in [-0.05, 0) is 19.8 Å². The summed E-state index contributed by atoms with van der Waals surface area (Å²) in [6.07, 6.45) is 6.19. The van der Waals surface area contributed by atoms with E-state index in [1.807, 2.05) is 19.4 Å². The summed E-state index contributed by atoms with van der Waals surface area (Å²) in [6.45, 7) is 8.75. The molecule has 0 saturated heterocycles. The predicted octanol–water partition coefficient (Wildman–Crippen LogP) is 2.90. The van der Waals surface area contributed by atoms with Crippen molar-refractivity contribution in [2.45, 2.75) is 52.6 Å². The smallest absolute Gasteiger partial charge is 0.0951 e. The Labute approximate surface area is 92.7 Å². The Kier molecular flexibility index (Phi) is 4.33. The van der Waals surface area contributed by atoms with Gasteiger partial charge in [0.05, 0.1) is 12.0 Å². The maximum Gasteiger partial charge on any atom is 0.0951 e. The summed E-state index contributed by atoms with van der Waals surface area (Å²) in [5.41, 5.74) is 7.05. The Balaban J connectivity index is 2.89. The number of nitrogens with two attached hydrogens (primary N) is 1. The number of nitrogens with zero attached hydrogens (tertiary/aromatic N) is 2. The molecule has 3 heteroatoms. The van der Waals surface area contributed by atoms with Gasteiger partial charge in [-0.25, -0.2) is 4.98 Å². The fourth-order valence-corrected chi connectivity index (χ4v) is 2.21. The van der Waals surface area contributed by atoms with E-state index in [0.717, 1.165) is 5.69 Å². The molecule has 2 atom stereocenters. The van der Waals surface area contributed by atoms with Crippen LogP contribution in [0.4, 0.5) is 0 Å². The average Bonchev–Trinajstić information content (AvgIpc) is 2.67. The summed E-state index contributed by atoms with van der Waals surface area (Å²) in [5, 5.41) is 0. The Morgan fingerprint density at radius 2 is 1.93 bits per heavy atom. The van der Waals surface area contributed by atoms with Crippen molar-refractivity contribution >= 4 is 0 Å². The molecule has 15 heavy (non-hydrogen) atoms. The minimum Gasteiger partial charge on any atom is -0.330 e. The maximum atomic E-state index is 5.92. The fraction of sp³-hybridized carbons (Fsp3) is 0.750. The lowest BCUT2D eigenvalue weighted by atomic mass is 9.95. The molecular formula is C12H23N3. The van der Waals surface area contributed by atoms with Crippen molar-refractivity contribution in [3.05, 3.63) is 18.2 Å². The summed E-state index contributed by atoms with van der Waals surface area (Å²) < 4.78 is 2.22. The molecule has 0 aliphatic carbocycles. The number of hydrogen-bond acceptors (Lipinski definition) is 2. The van der Waals surface area contributed by atoms with Gasteiger partial charge in [-0.3, -0.25) is 0 Å². The molecular weight excluding hydrogens is 186 g/mol. The van der Waals surface area contributed by atoms with Gasteiger partial charge in [-0.15, -0.1) is 0 Å². The van der Waals surface area contributed by atoms with Gasteiger partial charge in [0.15, 0.2) is 0 Å². The Morgan fingerprint density at radius 3 is 2.40 bits per heavy atom. The van der Waals surface area contributed by atoms with Crippen molar-refractivity contribution in [3.63, 3.8) is 0 Å². The van der Waals surface area contributed by atoms with E-state index in [0.29, 0.717) is 12.0 Å². The van der Waals surface area contributed by atoms with Crippen LogP contribution in [0.1, 0.15) is 58.3 Å². The van der Waals surface area contributed by atoms with Crippen LogP contribution in [0.5, 0.6) is 0 Å². The molecule has 2 N–H and O–H groups in total.